The van der Waals surface area contributed by atoms with Gasteiger partial charge in [-0.05, 0) is 53.4 Å². The van der Waals surface area contributed by atoms with Crippen molar-refractivity contribution in [2.45, 2.75) is 24.9 Å². The number of aromatic nitrogens is 1. The van der Waals surface area contributed by atoms with Gasteiger partial charge in [0.15, 0.2) is 0 Å². The minimum Gasteiger partial charge on any atom is -0.497 e. The van der Waals surface area contributed by atoms with Gasteiger partial charge in [0.2, 0.25) is 11.8 Å². The maximum absolute atomic E-state index is 13.8. The van der Waals surface area contributed by atoms with Crippen LogP contribution in [0.2, 0.25) is 5.02 Å². The molecule has 3 heterocycles. The van der Waals surface area contributed by atoms with Crippen molar-refractivity contribution in [3.05, 3.63) is 100 Å². The summed E-state index contributed by atoms with van der Waals surface area (Å²) >= 11 is 6.36. The second-order valence-corrected chi connectivity index (χ2v) is 9.84. The van der Waals surface area contributed by atoms with E-state index in [1.807, 2.05) is 66.7 Å². The second-order valence-electron chi connectivity index (χ2n) is 9.40. The number of benzene rings is 3. The Morgan fingerprint density at radius 2 is 1.83 bits per heavy atom. The number of fused-ring (bicyclic) bond motifs is 4. The molecule has 2 aliphatic heterocycles. The van der Waals surface area contributed by atoms with Gasteiger partial charge in [0.25, 0.3) is 0 Å². The van der Waals surface area contributed by atoms with Crippen LogP contribution in [0.4, 0.5) is 0 Å². The maximum Gasteiger partial charge on any atom is 0.246 e. The average molecular weight is 500 g/mol. The Balaban J connectivity index is 1.36. The first-order valence-electron chi connectivity index (χ1n) is 12.1. The fourth-order valence-electron chi connectivity index (χ4n) is 5.59. The van der Waals surface area contributed by atoms with Crippen LogP contribution in [0.25, 0.3) is 10.9 Å². The molecule has 0 spiro atoms. The summed E-state index contributed by atoms with van der Waals surface area (Å²) in [4.78, 5) is 34.5. The number of methoxy groups -OCH3 is 1. The Labute approximate surface area is 214 Å². The lowest BCUT2D eigenvalue weighted by molar-refractivity contribution is -0.158. The van der Waals surface area contributed by atoms with Gasteiger partial charge in [0, 0.05) is 34.6 Å². The van der Waals surface area contributed by atoms with E-state index in [0.29, 0.717) is 24.4 Å². The van der Waals surface area contributed by atoms with Gasteiger partial charge in [0.05, 0.1) is 19.7 Å². The fraction of sp³-hybridized carbons (Fsp3) is 0.241. The lowest BCUT2D eigenvalue weighted by atomic mass is 9.86. The number of hydrogen-bond acceptors (Lipinski definition) is 3. The van der Waals surface area contributed by atoms with E-state index >= 15 is 0 Å². The molecule has 36 heavy (non-hydrogen) atoms. The topological polar surface area (TPSA) is 65.6 Å². The Hall–Kier alpha value is -3.77. The molecule has 1 saturated heterocycles. The normalized spacial score (nSPS) is 19.4. The zero-order valence-electron chi connectivity index (χ0n) is 19.9. The van der Waals surface area contributed by atoms with Gasteiger partial charge in [-0.2, -0.15) is 0 Å². The number of carbonyl (C=O) groups is 2. The standard InChI is InChI=1S/C29H26ClN3O3/c1-36-21-11-9-18(10-12-21)13-14-32-17-26(34)33-25(29(32)35)16-23-22-7-2-3-8-24(22)31-27(23)28(33)19-5-4-6-20(30)15-19/h2-12,15,25,28,31H,13-14,16-17H2,1H3/t25-,28-/m0/s1. The molecule has 2 aliphatic rings. The zero-order valence-corrected chi connectivity index (χ0v) is 20.7. The van der Waals surface area contributed by atoms with Crippen molar-refractivity contribution in [1.29, 1.82) is 0 Å². The highest BCUT2D eigenvalue weighted by Crippen LogP contribution is 2.42. The molecule has 6 nitrogen and oxygen atoms in total. The number of nitrogens with zero attached hydrogens (tertiary/aromatic N) is 2. The number of H-pyrrole nitrogens is 1. The van der Waals surface area contributed by atoms with Crippen LogP contribution in [0.5, 0.6) is 5.75 Å². The van der Waals surface area contributed by atoms with Gasteiger partial charge in [0.1, 0.15) is 11.8 Å². The summed E-state index contributed by atoms with van der Waals surface area (Å²) in [7, 11) is 1.64. The van der Waals surface area contributed by atoms with Gasteiger partial charge < -0.3 is 19.5 Å². The number of amides is 2. The minimum absolute atomic E-state index is 0.00827. The van der Waals surface area contributed by atoms with E-state index in [4.69, 9.17) is 16.3 Å². The number of halogens is 1. The van der Waals surface area contributed by atoms with Gasteiger partial charge >= 0.3 is 0 Å². The second kappa shape index (κ2) is 9.03. The molecule has 7 heteroatoms. The Morgan fingerprint density at radius 3 is 2.61 bits per heavy atom. The number of hydrogen-bond donors (Lipinski definition) is 1. The van der Waals surface area contributed by atoms with Crippen molar-refractivity contribution in [2.24, 2.45) is 0 Å². The third-order valence-corrected chi connectivity index (χ3v) is 7.57. The number of carbonyl (C=O) groups excluding carboxylic acids is 2. The van der Waals surface area contributed by atoms with Crippen LogP contribution in [0, 0.1) is 0 Å². The summed E-state index contributed by atoms with van der Waals surface area (Å²) < 4.78 is 5.23. The number of piperazine rings is 1. The molecule has 6 rings (SSSR count). The molecular weight excluding hydrogens is 474 g/mol. The summed E-state index contributed by atoms with van der Waals surface area (Å²) in [6.07, 6.45) is 1.16. The third-order valence-electron chi connectivity index (χ3n) is 7.34. The summed E-state index contributed by atoms with van der Waals surface area (Å²) in [6, 6.07) is 22.5. The minimum atomic E-state index is -0.558. The Bertz CT molecular complexity index is 1460. The maximum atomic E-state index is 13.8. The number of para-hydroxylation sites is 1. The highest BCUT2D eigenvalue weighted by molar-refractivity contribution is 6.30. The SMILES string of the molecule is COc1ccc(CCN2CC(=O)N3[C@@H](c4cccc(Cl)c4)c4[nH]c5ccccc5c4C[C@H]3C2=O)cc1. The monoisotopic (exact) mass is 499 g/mol. The average Bonchev–Trinajstić information content (AvgIpc) is 3.27. The van der Waals surface area contributed by atoms with E-state index in [-0.39, 0.29) is 18.4 Å². The molecule has 0 saturated carbocycles. The predicted molar refractivity (Wildman–Crippen MR) is 139 cm³/mol. The summed E-state index contributed by atoms with van der Waals surface area (Å²) in [5, 5.41) is 1.69. The van der Waals surface area contributed by atoms with Crippen LogP contribution < -0.4 is 4.74 Å². The van der Waals surface area contributed by atoms with Gasteiger partial charge in [-0.15, -0.1) is 0 Å². The van der Waals surface area contributed by atoms with E-state index in [1.54, 1.807) is 16.9 Å². The first kappa shape index (κ1) is 22.7. The van der Waals surface area contributed by atoms with Gasteiger partial charge in [-0.1, -0.05) is 54.1 Å². The quantitative estimate of drug-likeness (QED) is 0.430. The predicted octanol–water partition coefficient (Wildman–Crippen LogP) is 4.76. The number of aromatic amines is 1. The van der Waals surface area contributed by atoms with Crippen LogP contribution in [-0.4, -0.2) is 52.8 Å². The lowest BCUT2D eigenvalue weighted by Gasteiger charge is -2.47. The number of rotatable bonds is 5. The first-order chi connectivity index (χ1) is 17.5. The summed E-state index contributed by atoms with van der Waals surface area (Å²) in [6.45, 7) is 0.557. The van der Waals surface area contributed by atoms with E-state index in [1.165, 1.54) is 0 Å². The molecule has 2 amide bonds. The van der Waals surface area contributed by atoms with Crippen LogP contribution in [0.1, 0.15) is 28.4 Å². The summed E-state index contributed by atoms with van der Waals surface area (Å²) in [5.41, 5.74) is 5.05. The molecule has 2 atom stereocenters. The molecule has 182 valence electrons. The van der Waals surface area contributed by atoms with E-state index in [2.05, 4.69) is 11.1 Å². The molecule has 0 unspecified atom stereocenters. The zero-order chi connectivity index (χ0) is 24.8. The molecule has 0 radical (unpaired) electrons. The van der Waals surface area contributed by atoms with Crippen LogP contribution in [-0.2, 0) is 22.4 Å². The van der Waals surface area contributed by atoms with Crippen molar-refractivity contribution in [1.82, 2.24) is 14.8 Å². The van der Waals surface area contributed by atoms with Crippen molar-refractivity contribution in [2.75, 3.05) is 20.2 Å². The van der Waals surface area contributed by atoms with E-state index < -0.39 is 12.1 Å². The van der Waals surface area contributed by atoms with Gasteiger partial charge in [-0.3, -0.25) is 9.59 Å². The Morgan fingerprint density at radius 1 is 1.03 bits per heavy atom. The van der Waals surface area contributed by atoms with Crippen LogP contribution >= 0.6 is 11.6 Å². The van der Waals surface area contributed by atoms with Gasteiger partial charge in [-0.25, -0.2) is 0 Å². The molecule has 3 aromatic carbocycles. The highest BCUT2D eigenvalue weighted by Gasteiger charge is 2.48. The largest absolute Gasteiger partial charge is 0.497 e. The molecule has 0 bridgehead atoms. The molecule has 0 aliphatic carbocycles. The number of nitrogens with one attached hydrogen (secondary N) is 1. The third kappa shape index (κ3) is 3.82. The van der Waals surface area contributed by atoms with Crippen molar-refractivity contribution >= 4 is 34.3 Å². The molecule has 1 fully saturated rings. The molecular formula is C29H26ClN3O3. The van der Waals surface area contributed by atoms with Crippen LogP contribution in [0.15, 0.2) is 72.8 Å². The van der Waals surface area contributed by atoms with Crippen molar-refractivity contribution in [3.8, 4) is 5.75 Å². The molecule has 4 aromatic rings. The van der Waals surface area contributed by atoms with E-state index in [0.717, 1.165) is 39.0 Å². The Kier molecular flexibility index (Phi) is 5.69. The number of ether oxygens (including phenoxy) is 1. The highest BCUT2D eigenvalue weighted by atomic mass is 35.5. The smallest absolute Gasteiger partial charge is 0.246 e. The van der Waals surface area contributed by atoms with E-state index in [9.17, 15) is 9.59 Å². The molecule has 1 aromatic heterocycles. The fourth-order valence-corrected chi connectivity index (χ4v) is 5.79. The molecule has 1 N–H and O–H groups in total. The van der Waals surface area contributed by atoms with Crippen molar-refractivity contribution < 1.29 is 14.3 Å². The van der Waals surface area contributed by atoms with Crippen LogP contribution in [0.3, 0.4) is 0 Å². The van der Waals surface area contributed by atoms with Crippen molar-refractivity contribution in [3.63, 3.8) is 0 Å². The summed E-state index contributed by atoms with van der Waals surface area (Å²) in [5.74, 6) is 0.733. The first-order valence-corrected chi connectivity index (χ1v) is 12.5. The lowest BCUT2D eigenvalue weighted by Crippen LogP contribution is -2.63.